The molecule has 4 rings (SSSR count). The van der Waals surface area contributed by atoms with Crippen molar-refractivity contribution in [1.82, 2.24) is 4.98 Å². The molecule has 0 aliphatic carbocycles. The molecule has 0 bridgehead atoms. The van der Waals surface area contributed by atoms with Gasteiger partial charge in [0.15, 0.2) is 6.10 Å². The molecule has 2 amide bonds. The summed E-state index contributed by atoms with van der Waals surface area (Å²) in [5, 5.41) is 8.57. The van der Waals surface area contributed by atoms with Crippen LogP contribution < -0.4 is 15.4 Å². The molecule has 136 valence electrons. The lowest BCUT2D eigenvalue weighted by atomic mass is 10.1. The monoisotopic (exact) mass is 379 g/mol. The Bertz CT molecular complexity index is 998. The molecule has 27 heavy (non-hydrogen) atoms. The molecule has 0 radical (unpaired) electrons. The molecule has 3 aromatic rings. The van der Waals surface area contributed by atoms with E-state index in [9.17, 15) is 9.59 Å². The van der Waals surface area contributed by atoms with Crippen molar-refractivity contribution in [3.63, 3.8) is 0 Å². The molecule has 6 nitrogen and oxygen atoms in total. The molecule has 0 spiro atoms. The molecule has 1 aliphatic heterocycles. The van der Waals surface area contributed by atoms with Gasteiger partial charge in [-0.1, -0.05) is 24.3 Å². The standard InChI is InChI=1S/C20H17N3O3S/c1-12-21-16(11-27-12)13-6-8-14(9-7-13)22-19(24)10-18-20(25)23-15-4-2-3-5-17(15)26-18/h2-9,11,18H,10H2,1H3,(H,22,24)(H,23,25)/t18-/m0/s1. The molecule has 0 saturated heterocycles. The van der Waals surface area contributed by atoms with Crippen LogP contribution in [-0.4, -0.2) is 22.9 Å². The Labute approximate surface area is 160 Å². The van der Waals surface area contributed by atoms with E-state index in [1.165, 1.54) is 0 Å². The fourth-order valence-electron chi connectivity index (χ4n) is 2.83. The summed E-state index contributed by atoms with van der Waals surface area (Å²) >= 11 is 1.60. The van der Waals surface area contributed by atoms with Crippen LogP contribution >= 0.6 is 11.3 Å². The summed E-state index contributed by atoms with van der Waals surface area (Å²) in [6, 6.07) is 14.6. The number of aryl methyl sites for hydroxylation is 1. The number of nitrogens with zero attached hydrogens (tertiary/aromatic N) is 1. The number of amides is 2. The van der Waals surface area contributed by atoms with E-state index >= 15 is 0 Å². The first-order valence-corrected chi connectivity index (χ1v) is 9.35. The van der Waals surface area contributed by atoms with Gasteiger partial charge in [0, 0.05) is 16.6 Å². The quantitative estimate of drug-likeness (QED) is 0.722. The molecule has 1 aromatic heterocycles. The number of hydrogen-bond donors (Lipinski definition) is 2. The van der Waals surface area contributed by atoms with Crippen LogP contribution in [0.1, 0.15) is 11.4 Å². The number of para-hydroxylation sites is 2. The molecule has 7 heteroatoms. The highest BCUT2D eigenvalue weighted by atomic mass is 32.1. The molecule has 2 heterocycles. The number of nitrogens with one attached hydrogen (secondary N) is 2. The highest BCUT2D eigenvalue weighted by Gasteiger charge is 2.29. The van der Waals surface area contributed by atoms with Gasteiger partial charge in [-0.25, -0.2) is 4.98 Å². The van der Waals surface area contributed by atoms with Crippen molar-refractivity contribution in [1.29, 1.82) is 0 Å². The maximum atomic E-state index is 12.3. The zero-order chi connectivity index (χ0) is 18.8. The average Bonchev–Trinajstić information content (AvgIpc) is 3.09. The molecule has 2 aromatic carbocycles. The van der Waals surface area contributed by atoms with Gasteiger partial charge in [0.05, 0.1) is 22.8 Å². The SMILES string of the molecule is Cc1nc(-c2ccc(NC(=O)C[C@@H]3Oc4ccccc4NC3=O)cc2)cs1. The van der Waals surface area contributed by atoms with Crippen LogP contribution in [0.4, 0.5) is 11.4 Å². The van der Waals surface area contributed by atoms with Gasteiger partial charge in [-0.15, -0.1) is 11.3 Å². The van der Waals surface area contributed by atoms with E-state index in [0.717, 1.165) is 16.3 Å². The Hall–Kier alpha value is -3.19. The Morgan fingerprint density at radius 1 is 1.22 bits per heavy atom. The average molecular weight is 379 g/mol. The highest BCUT2D eigenvalue weighted by Crippen LogP contribution is 2.29. The molecule has 1 atom stereocenters. The van der Waals surface area contributed by atoms with E-state index in [1.807, 2.05) is 48.7 Å². The van der Waals surface area contributed by atoms with Crippen molar-refractivity contribution >= 4 is 34.5 Å². The van der Waals surface area contributed by atoms with Gasteiger partial charge in [-0.05, 0) is 31.2 Å². The molecule has 0 saturated carbocycles. The van der Waals surface area contributed by atoms with Gasteiger partial charge >= 0.3 is 0 Å². The second kappa shape index (κ2) is 7.20. The number of rotatable bonds is 4. The topological polar surface area (TPSA) is 80.3 Å². The first kappa shape index (κ1) is 17.2. The number of benzene rings is 2. The van der Waals surface area contributed by atoms with Crippen LogP contribution in [0.15, 0.2) is 53.9 Å². The third-order valence-electron chi connectivity index (χ3n) is 4.16. The number of thiazole rings is 1. The summed E-state index contributed by atoms with van der Waals surface area (Å²) in [5.41, 5.74) is 3.18. The van der Waals surface area contributed by atoms with Crippen molar-refractivity contribution in [3.05, 3.63) is 58.9 Å². The van der Waals surface area contributed by atoms with E-state index in [2.05, 4.69) is 15.6 Å². The van der Waals surface area contributed by atoms with Crippen molar-refractivity contribution in [3.8, 4) is 17.0 Å². The Morgan fingerprint density at radius 3 is 2.74 bits per heavy atom. The smallest absolute Gasteiger partial charge is 0.266 e. The lowest BCUT2D eigenvalue weighted by Gasteiger charge is -2.25. The maximum Gasteiger partial charge on any atom is 0.266 e. The summed E-state index contributed by atoms with van der Waals surface area (Å²) in [4.78, 5) is 28.9. The summed E-state index contributed by atoms with van der Waals surface area (Å²) < 4.78 is 5.65. The van der Waals surface area contributed by atoms with Gasteiger partial charge in [-0.2, -0.15) is 0 Å². The second-order valence-electron chi connectivity index (χ2n) is 6.17. The van der Waals surface area contributed by atoms with Crippen LogP contribution in [0.2, 0.25) is 0 Å². The fourth-order valence-corrected chi connectivity index (χ4v) is 3.45. The zero-order valence-corrected chi connectivity index (χ0v) is 15.4. The maximum absolute atomic E-state index is 12.3. The van der Waals surface area contributed by atoms with Gasteiger partial charge in [-0.3, -0.25) is 9.59 Å². The number of carbonyl (C=O) groups is 2. The predicted molar refractivity (Wildman–Crippen MR) is 105 cm³/mol. The first-order valence-electron chi connectivity index (χ1n) is 8.47. The van der Waals surface area contributed by atoms with E-state index < -0.39 is 6.10 Å². The van der Waals surface area contributed by atoms with Crippen molar-refractivity contribution < 1.29 is 14.3 Å². The number of anilines is 2. The largest absolute Gasteiger partial charge is 0.478 e. The van der Waals surface area contributed by atoms with Gasteiger partial charge < -0.3 is 15.4 Å². The van der Waals surface area contributed by atoms with Crippen LogP contribution in [-0.2, 0) is 9.59 Å². The molecule has 2 N–H and O–H groups in total. The number of carbonyl (C=O) groups excluding carboxylic acids is 2. The number of aromatic nitrogens is 1. The predicted octanol–water partition coefficient (Wildman–Crippen LogP) is 3.85. The van der Waals surface area contributed by atoms with Gasteiger partial charge in [0.25, 0.3) is 5.91 Å². The molecular weight excluding hydrogens is 362 g/mol. The fraction of sp³-hybridized carbons (Fsp3) is 0.150. The van der Waals surface area contributed by atoms with Crippen LogP contribution in [0, 0.1) is 6.92 Å². The second-order valence-corrected chi connectivity index (χ2v) is 7.24. The van der Waals surface area contributed by atoms with Crippen LogP contribution in [0.5, 0.6) is 5.75 Å². The third-order valence-corrected chi connectivity index (χ3v) is 4.93. The summed E-state index contributed by atoms with van der Waals surface area (Å²) in [6.07, 6.45) is -0.912. The van der Waals surface area contributed by atoms with Crippen molar-refractivity contribution in [2.45, 2.75) is 19.4 Å². The zero-order valence-electron chi connectivity index (χ0n) is 14.6. The van der Waals surface area contributed by atoms with Gasteiger partial charge in [0.1, 0.15) is 5.75 Å². The summed E-state index contributed by atoms with van der Waals surface area (Å²) in [5.74, 6) is -0.0392. The Balaban J connectivity index is 1.39. The molecular formula is C20H17N3O3S. The lowest BCUT2D eigenvalue weighted by molar-refractivity contribution is -0.128. The minimum absolute atomic E-state index is 0.0623. The van der Waals surface area contributed by atoms with Crippen molar-refractivity contribution in [2.24, 2.45) is 0 Å². The minimum Gasteiger partial charge on any atom is -0.478 e. The van der Waals surface area contributed by atoms with Crippen LogP contribution in [0.25, 0.3) is 11.3 Å². The number of fused-ring (bicyclic) bond motifs is 1. The van der Waals surface area contributed by atoms with E-state index in [0.29, 0.717) is 17.1 Å². The minimum atomic E-state index is -0.850. The molecule has 0 fully saturated rings. The number of ether oxygens (including phenoxy) is 1. The normalized spacial score (nSPS) is 15.4. The van der Waals surface area contributed by atoms with E-state index in [1.54, 1.807) is 23.5 Å². The van der Waals surface area contributed by atoms with E-state index in [-0.39, 0.29) is 18.2 Å². The first-order chi connectivity index (χ1) is 13.1. The summed E-state index contributed by atoms with van der Waals surface area (Å²) in [6.45, 7) is 1.96. The lowest BCUT2D eigenvalue weighted by Crippen LogP contribution is -2.39. The number of hydrogen-bond acceptors (Lipinski definition) is 5. The molecule has 1 aliphatic rings. The van der Waals surface area contributed by atoms with Crippen molar-refractivity contribution in [2.75, 3.05) is 10.6 Å². The van der Waals surface area contributed by atoms with Crippen LogP contribution in [0.3, 0.4) is 0 Å². The van der Waals surface area contributed by atoms with Gasteiger partial charge in [0.2, 0.25) is 5.91 Å². The Kier molecular flexibility index (Phi) is 4.60. The molecule has 0 unspecified atom stereocenters. The summed E-state index contributed by atoms with van der Waals surface area (Å²) in [7, 11) is 0. The Morgan fingerprint density at radius 2 is 2.00 bits per heavy atom. The highest BCUT2D eigenvalue weighted by molar-refractivity contribution is 7.09. The van der Waals surface area contributed by atoms with E-state index in [4.69, 9.17) is 4.74 Å². The third kappa shape index (κ3) is 3.83.